The fourth-order valence-electron chi connectivity index (χ4n) is 3.37. The van der Waals surface area contributed by atoms with Gasteiger partial charge >= 0.3 is 0 Å². The van der Waals surface area contributed by atoms with Crippen LogP contribution in [0.1, 0.15) is 11.3 Å². The Labute approximate surface area is 177 Å². The SMILES string of the molecule is O=S(=O)(c1cccc(Cl)c1)c1ccc2ncc(Cc3ccc4ncccc4c3)n2n1. The van der Waals surface area contributed by atoms with Gasteiger partial charge in [0.2, 0.25) is 9.84 Å². The highest BCUT2D eigenvalue weighted by molar-refractivity contribution is 7.91. The number of halogens is 1. The van der Waals surface area contributed by atoms with Gasteiger partial charge in [0.1, 0.15) is 0 Å². The van der Waals surface area contributed by atoms with Crippen molar-refractivity contribution < 1.29 is 8.42 Å². The highest BCUT2D eigenvalue weighted by Crippen LogP contribution is 2.23. The number of sulfone groups is 1. The number of rotatable bonds is 4. The summed E-state index contributed by atoms with van der Waals surface area (Å²) in [4.78, 5) is 8.80. The Morgan fingerprint density at radius 3 is 2.70 bits per heavy atom. The molecule has 0 fully saturated rings. The number of hydrogen-bond donors (Lipinski definition) is 0. The van der Waals surface area contributed by atoms with Gasteiger partial charge in [-0.2, -0.15) is 5.10 Å². The number of imidazole rings is 1. The summed E-state index contributed by atoms with van der Waals surface area (Å²) in [6.45, 7) is 0. The zero-order valence-corrected chi connectivity index (χ0v) is 17.2. The van der Waals surface area contributed by atoms with Crippen molar-refractivity contribution in [2.24, 2.45) is 0 Å². The van der Waals surface area contributed by atoms with E-state index in [4.69, 9.17) is 11.6 Å². The molecule has 0 radical (unpaired) electrons. The molecule has 6 nitrogen and oxygen atoms in total. The average Bonchev–Trinajstić information content (AvgIpc) is 3.16. The molecule has 5 aromatic rings. The Balaban J connectivity index is 1.56. The van der Waals surface area contributed by atoms with Gasteiger partial charge in [0.15, 0.2) is 10.7 Å². The zero-order valence-electron chi connectivity index (χ0n) is 15.6. The molecule has 30 heavy (non-hydrogen) atoms. The van der Waals surface area contributed by atoms with Crippen LogP contribution in [0.25, 0.3) is 16.6 Å². The van der Waals surface area contributed by atoms with Crippen LogP contribution in [0.2, 0.25) is 5.02 Å². The highest BCUT2D eigenvalue weighted by atomic mass is 35.5. The third kappa shape index (κ3) is 3.32. The lowest BCUT2D eigenvalue weighted by molar-refractivity contribution is 0.588. The maximum atomic E-state index is 13.0. The maximum absolute atomic E-state index is 13.0. The second kappa shape index (κ2) is 7.19. The molecule has 0 spiro atoms. The van der Waals surface area contributed by atoms with Crippen molar-refractivity contribution in [1.29, 1.82) is 0 Å². The first-order chi connectivity index (χ1) is 14.5. The van der Waals surface area contributed by atoms with Gasteiger partial charge in [0.05, 0.1) is 22.3 Å². The zero-order chi connectivity index (χ0) is 20.7. The van der Waals surface area contributed by atoms with Crippen LogP contribution < -0.4 is 0 Å². The minimum absolute atomic E-state index is 0.0563. The van der Waals surface area contributed by atoms with E-state index in [1.54, 1.807) is 35.1 Å². The lowest BCUT2D eigenvalue weighted by Gasteiger charge is -2.07. The molecule has 0 bridgehead atoms. The van der Waals surface area contributed by atoms with E-state index in [2.05, 4.69) is 21.1 Å². The second-order valence-electron chi connectivity index (χ2n) is 6.86. The lowest BCUT2D eigenvalue weighted by Crippen LogP contribution is -2.09. The van der Waals surface area contributed by atoms with Crippen molar-refractivity contribution in [2.45, 2.75) is 16.3 Å². The summed E-state index contributed by atoms with van der Waals surface area (Å²) in [6, 6.07) is 19.2. The van der Waals surface area contributed by atoms with E-state index in [9.17, 15) is 8.42 Å². The minimum atomic E-state index is -3.80. The van der Waals surface area contributed by atoms with Crippen molar-refractivity contribution in [1.82, 2.24) is 19.6 Å². The topological polar surface area (TPSA) is 77.2 Å². The molecule has 3 aromatic heterocycles. The molecule has 148 valence electrons. The van der Waals surface area contributed by atoms with Gasteiger partial charge in [0, 0.05) is 23.0 Å². The molecule has 8 heteroatoms. The van der Waals surface area contributed by atoms with Crippen LogP contribution in [0.5, 0.6) is 0 Å². The van der Waals surface area contributed by atoms with Gasteiger partial charge in [-0.1, -0.05) is 29.8 Å². The van der Waals surface area contributed by atoms with Crippen LogP contribution >= 0.6 is 11.6 Å². The predicted molar refractivity (Wildman–Crippen MR) is 114 cm³/mol. The number of pyridine rings is 1. The Hall–Kier alpha value is -3.29. The van der Waals surface area contributed by atoms with Crippen molar-refractivity contribution in [3.05, 3.63) is 95.4 Å². The molecular weight excluding hydrogens is 420 g/mol. The standard InChI is InChI=1S/C22H15ClN4O2S/c23-17-4-1-5-19(13-17)30(28,29)22-9-8-21-25-14-18(27(21)26-22)12-15-6-7-20-16(11-15)3-2-10-24-20/h1-11,13-14H,12H2. The van der Waals surface area contributed by atoms with E-state index >= 15 is 0 Å². The molecule has 0 atom stereocenters. The monoisotopic (exact) mass is 434 g/mol. The molecule has 0 unspecified atom stereocenters. The van der Waals surface area contributed by atoms with Gasteiger partial charge in [0.25, 0.3) is 0 Å². The van der Waals surface area contributed by atoms with Gasteiger partial charge in [-0.15, -0.1) is 0 Å². The molecule has 0 aliphatic heterocycles. The Morgan fingerprint density at radius 1 is 0.933 bits per heavy atom. The summed E-state index contributed by atoms with van der Waals surface area (Å²) < 4.78 is 27.6. The van der Waals surface area contributed by atoms with Crippen LogP contribution in [-0.4, -0.2) is 28.0 Å². The smallest absolute Gasteiger partial charge is 0.225 e. The van der Waals surface area contributed by atoms with Crippen LogP contribution in [-0.2, 0) is 16.3 Å². The third-order valence-corrected chi connectivity index (χ3v) is 6.72. The second-order valence-corrected chi connectivity index (χ2v) is 9.19. The summed E-state index contributed by atoms with van der Waals surface area (Å²) in [6.07, 6.45) is 4.03. The summed E-state index contributed by atoms with van der Waals surface area (Å²) in [5, 5.41) is 5.72. The first kappa shape index (κ1) is 18.7. The first-order valence-corrected chi connectivity index (χ1v) is 11.0. The predicted octanol–water partition coefficient (Wildman–Crippen LogP) is 4.35. The molecule has 0 aliphatic carbocycles. The molecule has 3 heterocycles. The van der Waals surface area contributed by atoms with Crippen LogP contribution in [0.4, 0.5) is 0 Å². The summed E-state index contributed by atoms with van der Waals surface area (Å²) in [5.41, 5.74) is 3.35. The minimum Gasteiger partial charge on any atom is -0.256 e. The van der Waals surface area contributed by atoms with Crippen LogP contribution in [0, 0.1) is 0 Å². The van der Waals surface area contributed by atoms with E-state index < -0.39 is 9.84 Å². The van der Waals surface area contributed by atoms with E-state index in [1.807, 2.05) is 24.3 Å². The average molecular weight is 435 g/mol. The number of aromatic nitrogens is 4. The van der Waals surface area contributed by atoms with E-state index in [0.717, 1.165) is 22.2 Å². The normalized spacial score (nSPS) is 11.9. The lowest BCUT2D eigenvalue weighted by atomic mass is 10.1. The highest BCUT2D eigenvalue weighted by Gasteiger charge is 2.21. The summed E-state index contributed by atoms with van der Waals surface area (Å²) in [5.74, 6) is 0. The molecule has 0 saturated carbocycles. The first-order valence-electron chi connectivity index (χ1n) is 9.19. The Kier molecular flexibility index (Phi) is 4.49. The largest absolute Gasteiger partial charge is 0.256 e. The van der Waals surface area contributed by atoms with Crippen LogP contribution in [0.3, 0.4) is 0 Å². The quantitative estimate of drug-likeness (QED) is 0.420. The number of fused-ring (bicyclic) bond motifs is 2. The van der Waals surface area contributed by atoms with Gasteiger partial charge in [-0.25, -0.2) is 17.9 Å². The van der Waals surface area contributed by atoms with E-state index in [1.165, 1.54) is 18.2 Å². The van der Waals surface area contributed by atoms with Gasteiger partial charge in [-0.3, -0.25) is 4.98 Å². The van der Waals surface area contributed by atoms with Crippen molar-refractivity contribution >= 4 is 38.0 Å². The Bertz CT molecular complexity index is 1510. The van der Waals surface area contributed by atoms with Crippen molar-refractivity contribution in [3.63, 3.8) is 0 Å². The molecule has 0 amide bonds. The Morgan fingerprint density at radius 2 is 1.83 bits per heavy atom. The van der Waals surface area contributed by atoms with Gasteiger partial charge < -0.3 is 0 Å². The molecular formula is C22H15ClN4O2S. The maximum Gasteiger partial charge on any atom is 0.225 e. The fraction of sp³-hybridized carbons (Fsp3) is 0.0455. The summed E-state index contributed by atoms with van der Waals surface area (Å²) >= 11 is 5.97. The van der Waals surface area contributed by atoms with E-state index in [-0.39, 0.29) is 9.92 Å². The van der Waals surface area contributed by atoms with E-state index in [0.29, 0.717) is 17.1 Å². The summed E-state index contributed by atoms with van der Waals surface area (Å²) in [7, 11) is -3.80. The van der Waals surface area contributed by atoms with Crippen molar-refractivity contribution in [2.75, 3.05) is 0 Å². The van der Waals surface area contributed by atoms with Crippen LogP contribution in [0.15, 0.2) is 89.0 Å². The molecule has 5 rings (SSSR count). The third-order valence-electron chi connectivity index (χ3n) is 4.84. The molecule has 0 saturated heterocycles. The molecule has 0 N–H and O–H groups in total. The fourth-order valence-corrected chi connectivity index (χ4v) is 4.84. The molecule has 2 aromatic carbocycles. The number of benzene rings is 2. The molecule has 0 aliphatic rings. The van der Waals surface area contributed by atoms with Crippen molar-refractivity contribution in [3.8, 4) is 0 Å². The number of hydrogen-bond acceptors (Lipinski definition) is 5. The van der Waals surface area contributed by atoms with Gasteiger partial charge in [-0.05, 0) is 54.1 Å². The number of nitrogens with zero attached hydrogens (tertiary/aromatic N) is 4.